The third-order valence-electron chi connectivity index (χ3n) is 9.42. The predicted molar refractivity (Wildman–Crippen MR) is 193 cm³/mol. The van der Waals surface area contributed by atoms with Gasteiger partial charge < -0.3 is 4.74 Å². The Morgan fingerprint density at radius 2 is 1.32 bits per heavy atom. The van der Waals surface area contributed by atoms with E-state index in [-0.39, 0.29) is 0 Å². The lowest BCUT2D eigenvalue weighted by Crippen LogP contribution is -2.05. The van der Waals surface area contributed by atoms with E-state index in [9.17, 15) is 0 Å². The molecule has 0 saturated carbocycles. The summed E-state index contributed by atoms with van der Waals surface area (Å²) in [4.78, 5) is 15.1. The highest BCUT2D eigenvalue weighted by atomic mass is 16.5. The fourth-order valence-electron chi connectivity index (χ4n) is 7.26. The molecule has 224 valence electrons. The number of hydrogen-bond donors (Lipinski definition) is 0. The van der Waals surface area contributed by atoms with Crippen molar-refractivity contribution in [3.05, 3.63) is 162 Å². The Labute approximate surface area is 274 Å². The average Bonchev–Trinajstić information content (AvgIpc) is 3.46. The number of aromatic nitrogens is 3. The molecule has 4 heteroatoms. The summed E-state index contributed by atoms with van der Waals surface area (Å²) in [5.41, 5.74) is 12.1. The van der Waals surface area contributed by atoms with E-state index in [1.807, 2.05) is 48.5 Å². The summed E-state index contributed by atoms with van der Waals surface area (Å²) < 4.78 is 6.21. The zero-order valence-corrected chi connectivity index (χ0v) is 25.9. The zero-order valence-electron chi connectivity index (χ0n) is 25.9. The molecule has 0 unspecified atom stereocenters. The first-order valence-electron chi connectivity index (χ1n) is 16.3. The molecule has 0 bridgehead atoms. The molecule has 0 fully saturated rings. The Hall–Kier alpha value is -5.87. The monoisotopic (exact) mass is 605 g/mol. The summed E-state index contributed by atoms with van der Waals surface area (Å²) in [6.45, 7) is 4.73. The number of allylic oxidation sites excluding steroid dienone is 12. The second-order valence-electron chi connectivity index (χ2n) is 12.2. The van der Waals surface area contributed by atoms with E-state index in [4.69, 9.17) is 26.3 Å². The summed E-state index contributed by atoms with van der Waals surface area (Å²) >= 11 is 0. The summed E-state index contributed by atoms with van der Waals surface area (Å²) in [6, 6.07) is 27.4. The van der Waals surface area contributed by atoms with Gasteiger partial charge in [-0.1, -0.05) is 116 Å². The van der Waals surface area contributed by atoms with Gasteiger partial charge in [0.25, 0.3) is 0 Å². The topological polar surface area (TPSA) is 47.9 Å². The lowest BCUT2D eigenvalue weighted by atomic mass is 9.86. The Bertz CT molecular complexity index is 2310. The van der Waals surface area contributed by atoms with Gasteiger partial charge in [-0.3, -0.25) is 0 Å². The van der Waals surface area contributed by atoms with Gasteiger partial charge in [0.05, 0.1) is 6.26 Å². The van der Waals surface area contributed by atoms with E-state index in [2.05, 4.69) is 72.9 Å². The minimum Gasteiger partial charge on any atom is -0.464 e. The van der Waals surface area contributed by atoms with Crippen LogP contribution in [0.1, 0.15) is 53.8 Å². The Kier molecular flexibility index (Phi) is 6.53. The molecule has 1 aromatic heterocycles. The van der Waals surface area contributed by atoms with Crippen LogP contribution in [0.15, 0.2) is 134 Å². The van der Waals surface area contributed by atoms with E-state index in [1.165, 1.54) is 33.0 Å². The Morgan fingerprint density at radius 3 is 2.15 bits per heavy atom. The number of ether oxygens (including phenoxy) is 1. The van der Waals surface area contributed by atoms with Crippen molar-refractivity contribution in [3.63, 3.8) is 0 Å². The van der Waals surface area contributed by atoms with Gasteiger partial charge in [0.1, 0.15) is 5.75 Å². The van der Waals surface area contributed by atoms with Gasteiger partial charge in [0, 0.05) is 22.3 Å². The van der Waals surface area contributed by atoms with E-state index >= 15 is 0 Å². The third-order valence-corrected chi connectivity index (χ3v) is 9.42. The molecule has 0 saturated heterocycles. The van der Waals surface area contributed by atoms with Crippen LogP contribution in [0.5, 0.6) is 5.75 Å². The molecule has 0 N–H and O–H groups in total. The molecule has 9 rings (SSSR count). The van der Waals surface area contributed by atoms with Crippen LogP contribution in [0.4, 0.5) is 0 Å². The molecule has 5 aromatic rings. The van der Waals surface area contributed by atoms with E-state index in [0.29, 0.717) is 23.2 Å². The van der Waals surface area contributed by atoms with Crippen LogP contribution in [0.3, 0.4) is 0 Å². The van der Waals surface area contributed by atoms with Gasteiger partial charge >= 0.3 is 0 Å². The maximum absolute atomic E-state index is 6.21. The zero-order chi connectivity index (χ0) is 31.3. The van der Waals surface area contributed by atoms with Crippen LogP contribution in [-0.2, 0) is 0 Å². The fraction of sp³-hybridized carbons (Fsp3) is 0.0930. The highest BCUT2D eigenvalue weighted by Gasteiger charge is 2.28. The van der Waals surface area contributed by atoms with Crippen molar-refractivity contribution < 1.29 is 4.74 Å². The number of fused-ring (bicyclic) bond motifs is 4. The van der Waals surface area contributed by atoms with Crippen molar-refractivity contribution in [2.75, 3.05) is 0 Å². The summed E-state index contributed by atoms with van der Waals surface area (Å²) in [7, 11) is 0. The molecule has 0 amide bonds. The molecule has 0 atom stereocenters. The molecule has 4 nitrogen and oxygen atoms in total. The van der Waals surface area contributed by atoms with Gasteiger partial charge in [-0.2, -0.15) is 0 Å². The minimum atomic E-state index is 0.586. The lowest BCUT2D eigenvalue weighted by molar-refractivity contribution is 0.480. The fourth-order valence-corrected chi connectivity index (χ4v) is 7.26. The molecule has 47 heavy (non-hydrogen) atoms. The van der Waals surface area contributed by atoms with Crippen LogP contribution >= 0.6 is 0 Å². The first-order chi connectivity index (χ1) is 23.2. The second kappa shape index (κ2) is 11.2. The molecular weight excluding hydrogens is 574 g/mol. The molecule has 4 aromatic carbocycles. The lowest BCUT2D eigenvalue weighted by Gasteiger charge is -2.21. The first-order valence-corrected chi connectivity index (χ1v) is 16.3. The van der Waals surface area contributed by atoms with Crippen molar-refractivity contribution >= 4 is 38.6 Å². The van der Waals surface area contributed by atoms with E-state index in [1.54, 1.807) is 6.26 Å². The van der Waals surface area contributed by atoms with Gasteiger partial charge in [-0.15, -0.1) is 0 Å². The maximum Gasteiger partial charge on any atom is 0.164 e. The Balaban J connectivity index is 1.23. The van der Waals surface area contributed by atoms with Crippen LogP contribution in [-0.4, -0.2) is 15.0 Å². The Morgan fingerprint density at radius 1 is 0.596 bits per heavy atom. The molecule has 1 aliphatic heterocycles. The molecule has 0 radical (unpaired) electrons. The molecule has 0 spiro atoms. The first kappa shape index (κ1) is 27.4. The van der Waals surface area contributed by atoms with E-state index in [0.717, 1.165) is 64.7 Å². The van der Waals surface area contributed by atoms with Crippen LogP contribution in [0.2, 0.25) is 0 Å². The van der Waals surface area contributed by atoms with E-state index < -0.39 is 0 Å². The minimum absolute atomic E-state index is 0.586. The maximum atomic E-state index is 6.21. The van der Waals surface area contributed by atoms with Crippen molar-refractivity contribution in [1.29, 1.82) is 0 Å². The van der Waals surface area contributed by atoms with Gasteiger partial charge in [-0.05, 0) is 87.6 Å². The largest absolute Gasteiger partial charge is 0.464 e. The number of rotatable bonds is 4. The quantitative estimate of drug-likeness (QED) is 0.204. The predicted octanol–water partition coefficient (Wildman–Crippen LogP) is 10.7. The smallest absolute Gasteiger partial charge is 0.164 e. The number of hydrogen-bond acceptors (Lipinski definition) is 4. The van der Waals surface area contributed by atoms with Crippen molar-refractivity contribution in [3.8, 4) is 28.5 Å². The van der Waals surface area contributed by atoms with Crippen molar-refractivity contribution in [1.82, 2.24) is 15.0 Å². The van der Waals surface area contributed by atoms with Crippen molar-refractivity contribution in [2.24, 2.45) is 0 Å². The number of benzene rings is 4. The SMILES string of the molecule is C=C1/C(c2ccc3c4c(cccc24)C2=CCCC=C23)=C\C=C/Oc2cccc(-c3nc(C4=CCCC=C4)nc(-c4ccccc4)n3)c21. The van der Waals surface area contributed by atoms with Gasteiger partial charge in [0.2, 0.25) is 0 Å². The normalized spacial score (nSPS) is 18.1. The summed E-state index contributed by atoms with van der Waals surface area (Å²) in [5, 5.41) is 2.54. The van der Waals surface area contributed by atoms with Gasteiger partial charge in [0.15, 0.2) is 17.5 Å². The molecular formula is C43H31N3O. The van der Waals surface area contributed by atoms with Crippen molar-refractivity contribution in [2.45, 2.75) is 25.7 Å². The molecule has 2 heterocycles. The molecule has 3 aliphatic carbocycles. The average molecular weight is 606 g/mol. The highest BCUT2D eigenvalue weighted by Crippen LogP contribution is 2.50. The molecule has 4 aliphatic rings. The van der Waals surface area contributed by atoms with Crippen LogP contribution in [0, 0.1) is 0 Å². The highest BCUT2D eigenvalue weighted by molar-refractivity contribution is 6.25. The van der Waals surface area contributed by atoms with Crippen LogP contribution in [0.25, 0.3) is 61.4 Å². The second-order valence-corrected chi connectivity index (χ2v) is 12.2. The standard InChI is InChI=1S/C43H31N3O/c1-27-30(33-24-25-36-32-18-9-8-17-31(32)34-19-10-20-35(33)40(34)36)22-12-26-47-38-23-11-21-37(39(27)38)43-45-41(28-13-4-2-5-14-28)44-42(46-43)29-15-6-3-7-16-29/h2,4-6,10-26H,1,3,7-9H2/b26-12-,30-22+. The van der Waals surface area contributed by atoms with Gasteiger partial charge in [-0.25, -0.2) is 15.0 Å². The summed E-state index contributed by atoms with van der Waals surface area (Å²) in [6.07, 6.45) is 21.2. The summed E-state index contributed by atoms with van der Waals surface area (Å²) in [5.74, 6) is 2.59. The number of nitrogens with zero attached hydrogens (tertiary/aromatic N) is 3. The third kappa shape index (κ3) is 4.56. The van der Waals surface area contributed by atoms with Crippen LogP contribution < -0.4 is 4.74 Å².